The third-order valence-electron chi connectivity index (χ3n) is 3.43. The van der Waals surface area contributed by atoms with Crippen LogP contribution in [0.1, 0.15) is 12.5 Å². The zero-order valence-electron chi connectivity index (χ0n) is 13.8. The molecular formula is C17H17N3O4S. The summed E-state index contributed by atoms with van der Waals surface area (Å²) in [5.41, 5.74) is 0.911. The lowest BCUT2D eigenvalue weighted by Crippen LogP contribution is -2.30. The number of hydrogen-bond donors (Lipinski definition) is 1. The minimum atomic E-state index is -0.389. The van der Waals surface area contributed by atoms with E-state index in [2.05, 4.69) is 15.5 Å². The van der Waals surface area contributed by atoms with Gasteiger partial charge in [0.25, 0.3) is 11.1 Å². The molecule has 2 heterocycles. The molecule has 1 amide bonds. The van der Waals surface area contributed by atoms with Crippen LogP contribution in [0.2, 0.25) is 0 Å². The number of carbonyl (C=O) groups is 1. The third-order valence-corrected chi connectivity index (χ3v) is 4.37. The molecule has 7 nitrogen and oxygen atoms in total. The molecule has 3 rings (SSSR count). The van der Waals surface area contributed by atoms with Gasteiger partial charge in [0, 0.05) is 12.1 Å². The number of carbonyl (C=O) groups excluding carboxylic acids is 1. The number of amides is 1. The molecule has 130 valence electrons. The van der Waals surface area contributed by atoms with E-state index >= 15 is 0 Å². The molecule has 2 aromatic heterocycles. The van der Waals surface area contributed by atoms with Gasteiger partial charge in [-0.2, -0.15) is 0 Å². The predicted octanol–water partition coefficient (Wildman–Crippen LogP) is 3.14. The Hall–Kier alpha value is -2.74. The molecule has 8 heteroatoms. The zero-order chi connectivity index (χ0) is 17.6. The number of nitrogens with zero attached hydrogens (tertiary/aromatic N) is 2. The highest BCUT2D eigenvalue weighted by Crippen LogP contribution is 2.26. The van der Waals surface area contributed by atoms with Crippen molar-refractivity contribution >= 4 is 17.7 Å². The van der Waals surface area contributed by atoms with Gasteiger partial charge in [-0.25, -0.2) is 0 Å². The summed E-state index contributed by atoms with van der Waals surface area (Å²) in [6, 6.07) is 11.0. The maximum absolute atomic E-state index is 12.3. The summed E-state index contributed by atoms with van der Waals surface area (Å²) < 4.78 is 16.0. The Morgan fingerprint density at radius 3 is 2.88 bits per heavy atom. The Kier molecular flexibility index (Phi) is 5.39. The van der Waals surface area contributed by atoms with Gasteiger partial charge in [0.15, 0.2) is 5.76 Å². The number of benzene rings is 1. The smallest absolute Gasteiger partial charge is 0.284 e. The molecule has 0 spiro atoms. The van der Waals surface area contributed by atoms with Gasteiger partial charge >= 0.3 is 0 Å². The van der Waals surface area contributed by atoms with Gasteiger partial charge in [0.1, 0.15) is 5.75 Å². The van der Waals surface area contributed by atoms with Crippen LogP contribution in [0.4, 0.5) is 0 Å². The van der Waals surface area contributed by atoms with Gasteiger partial charge in [-0.05, 0) is 25.1 Å². The van der Waals surface area contributed by atoms with E-state index in [-0.39, 0.29) is 17.0 Å². The van der Waals surface area contributed by atoms with Crippen LogP contribution in [0, 0.1) is 0 Å². The fourth-order valence-corrected chi connectivity index (χ4v) is 2.84. The Balaban J connectivity index is 1.56. The van der Waals surface area contributed by atoms with Crippen LogP contribution in [0.25, 0.3) is 11.7 Å². The maximum Gasteiger partial charge on any atom is 0.284 e. The highest BCUT2D eigenvalue weighted by molar-refractivity contribution is 8.00. The maximum atomic E-state index is 12.3. The average molecular weight is 359 g/mol. The molecule has 0 fully saturated rings. The summed E-state index contributed by atoms with van der Waals surface area (Å²) in [6.07, 6.45) is 1.53. The molecule has 1 aromatic carbocycles. The second-order valence-electron chi connectivity index (χ2n) is 5.14. The predicted molar refractivity (Wildman–Crippen MR) is 92.2 cm³/mol. The number of furan rings is 1. The number of methoxy groups -OCH3 is 1. The Labute approximate surface area is 148 Å². The molecule has 0 aliphatic carbocycles. The summed E-state index contributed by atoms with van der Waals surface area (Å²) in [5.74, 6) is 1.39. The van der Waals surface area contributed by atoms with Crippen molar-refractivity contribution in [3.05, 3.63) is 48.2 Å². The van der Waals surface area contributed by atoms with E-state index in [0.717, 1.165) is 11.3 Å². The Bertz CT molecular complexity index is 832. The summed E-state index contributed by atoms with van der Waals surface area (Å²) in [4.78, 5) is 12.3. The lowest BCUT2D eigenvalue weighted by molar-refractivity contribution is -0.120. The molecule has 0 saturated carbocycles. The molecule has 0 unspecified atom stereocenters. The first kappa shape index (κ1) is 17.1. The molecule has 0 aliphatic rings. The van der Waals surface area contributed by atoms with Crippen LogP contribution >= 0.6 is 11.8 Å². The van der Waals surface area contributed by atoms with E-state index in [9.17, 15) is 4.79 Å². The van der Waals surface area contributed by atoms with E-state index < -0.39 is 0 Å². The second kappa shape index (κ2) is 7.89. The first-order chi connectivity index (χ1) is 12.2. The van der Waals surface area contributed by atoms with Crippen molar-refractivity contribution in [1.82, 2.24) is 15.5 Å². The van der Waals surface area contributed by atoms with Gasteiger partial charge in [0.05, 0.1) is 18.6 Å². The summed E-state index contributed by atoms with van der Waals surface area (Å²) in [7, 11) is 1.60. The third kappa shape index (κ3) is 4.21. The van der Waals surface area contributed by atoms with Crippen molar-refractivity contribution < 1.29 is 18.4 Å². The van der Waals surface area contributed by atoms with Gasteiger partial charge < -0.3 is 18.9 Å². The lowest BCUT2D eigenvalue weighted by atomic mass is 10.2. The molecule has 0 radical (unpaired) electrons. The standard InChI is InChI=1S/C17H17N3O4S/c1-11(15(21)18-10-12-6-3-4-7-13(12)22-2)25-17-20-19-16(24-17)14-8-5-9-23-14/h3-9,11H,10H2,1-2H3,(H,18,21)/t11-/m1/s1. The van der Waals surface area contributed by atoms with Crippen LogP contribution < -0.4 is 10.1 Å². The van der Waals surface area contributed by atoms with E-state index in [0.29, 0.717) is 17.5 Å². The highest BCUT2D eigenvalue weighted by atomic mass is 32.2. The zero-order valence-corrected chi connectivity index (χ0v) is 14.6. The normalized spacial score (nSPS) is 11.9. The summed E-state index contributed by atoms with van der Waals surface area (Å²) >= 11 is 1.19. The van der Waals surface area contributed by atoms with Gasteiger partial charge in [-0.1, -0.05) is 30.0 Å². The number of ether oxygens (including phenoxy) is 1. The summed E-state index contributed by atoms with van der Waals surface area (Å²) in [5, 5.41) is 10.6. The number of aromatic nitrogens is 2. The monoisotopic (exact) mass is 359 g/mol. The van der Waals surface area contributed by atoms with Crippen LogP contribution in [-0.2, 0) is 11.3 Å². The molecular weight excluding hydrogens is 342 g/mol. The fraction of sp³-hybridized carbons (Fsp3) is 0.235. The first-order valence-electron chi connectivity index (χ1n) is 7.61. The molecule has 3 aromatic rings. The molecule has 0 aliphatic heterocycles. The van der Waals surface area contributed by atoms with Crippen LogP contribution in [0.3, 0.4) is 0 Å². The van der Waals surface area contributed by atoms with Crippen molar-refractivity contribution in [1.29, 1.82) is 0 Å². The van der Waals surface area contributed by atoms with Crippen molar-refractivity contribution in [2.45, 2.75) is 23.9 Å². The van der Waals surface area contributed by atoms with E-state index in [1.807, 2.05) is 24.3 Å². The van der Waals surface area contributed by atoms with Gasteiger partial charge in [-0.3, -0.25) is 4.79 Å². The first-order valence-corrected chi connectivity index (χ1v) is 8.49. The van der Waals surface area contributed by atoms with Crippen molar-refractivity contribution in [2.24, 2.45) is 0 Å². The Morgan fingerprint density at radius 1 is 1.28 bits per heavy atom. The number of nitrogens with one attached hydrogen (secondary N) is 1. The topological polar surface area (TPSA) is 90.4 Å². The number of rotatable bonds is 7. The van der Waals surface area contributed by atoms with Crippen LogP contribution in [0.5, 0.6) is 5.75 Å². The van der Waals surface area contributed by atoms with Crippen LogP contribution in [0.15, 0.2) is 56.7 Å². The highest BCUT2D eigenvalue weighted by Gasteiger charge is 2.19. The minimum Gasteiger partial charge on any atom is -0.496 e. The Morgan fingerprint density at radius 2 is 2.12 bits per heavy atom. The molecule has 0 saturated heterocycles. The van der Waals surface area contributed by atoms with Gasteiger partial charge in [-0.15, -0.1) is 10.2 Å². The second-order valence-corrected chi connectivity index (χ2v) is 6.43. The SMILES string of the molecule is COc1ccccc1CNC(=O)[C@@H](C)Sc1nnc(-c2ccco2)o1. The number of para-hydroxylation sites is 1. The van der Waals surface area contributed by atoms with E-state index in [1.165, 1.54) is 18.0 Å². The van der Waals surface area contributed by atoms with Crippen LogP contribution in [-0.4, -0.2) is 28.5 Å². The van der Waals surface area contributed by atoms with Crippen molar-refractivity contribution in [3.8, 4) is 17.4 Å². The quantitative estimate of drug-likeness (QED) is 0.648. The number of thioether (sulfide) groups is 1. The molecule has 25 heavy (non-hydrogen) atoms. The molecule has 1 N–H and O–H groups in total. The number of hydrogen-bond acceptors (Lipinski definition) is 7. The fourth-order valence-electron chi connectivity index (χ4n) is 2.14. The largest absolute Gasteiger partial charge is 0.496 e. The summed E-state index contributed by atoms with van der Waals surface area (Å²) in [6.45, 7) is 2.16. The lowest BCUT2D eigenvalue weighted by Gasteiger charge is -2.12. The minimum absolute atomic E-state index is 0.131. The van der Waals surface area contributed by atoms with E-state index in [1.54, 1.807) is 26.2 Å². The van der Waals surface area contributed by atoms with Gasteiger partial charge in [0.2, 0.25) is 5.91 Å². The van der Waals surface area contributed by atoms with E-state index in [4.69, 9.17) is 13.6 Å². The average Bonchev–Trinajstić information content (AvgIpc) is 3.31. The molecule has 1 atom stereocenters. The van der Waals surface area contributed by atoms with Crippen molar-refractivity contribution in [3.63, 3.8) is 0 Å². The van der Waals surface area contributed by atoms with Crippen molar-refractivity contribution in [2.75, 3.05) is 7.11 Å². The molecule has 0 bridgehead atoms.